The van der Waals surface area contributed by atoms with Crippen molar-refractivity contribution in [2.45, 2.75) is 43.8 Å². The molecule has 1 aromatic rings. The van der Waals surface area contributed by atoms with Crippen LogP contribution in [-0.2, 0) is 9.53 Å². The first kappa shape index (κ1) is 14.5. The van der Waals surface area contributed by atoms with Gasteiger partial charge in [0.1, 0.15) is 6.04 Å². The predicted molar refractivity (Wildman–Crippen MR) is 93.1 cm³/mol. The fourth-order valence-corrected chi connectivity index (χ4v) is 5.85. The summed E-state index contributed by atoms with van der Waals surface area (Å²) in [5, 5.41) is 0. The zero-order valence-corrected chi connectivity index (χ0v) is 14.3. The van der Waals surface area contributed by atoms with Gasteiger partial charge in [-0.1, -0.05) is 29.8 Å². The molecule has 4 aliphatic heterocycles. The van der Waals surface area contributed by atoms with Gasteiger partial charge in [-0.05, 0) is 37.9 Å². The Morgan fingerprint density at radius 3 is 2.92 bits per heavy atom. The van der Waals surface area contributed by atoms with Crippen LogP contribution in [0.2, 0.25) is 0 Å². The van der Waals surface area contributed by atoms with Crippen LogP contribution in [0.4, 0.5) is 5.69 Å². The molecule has 3 saturated heterocycles. The van der Waals surface area contributed by atoms with E-state index in [0.29, 0.717) is 18.0 Å². The van der Waals surface area contributed by atoms with Gasteiger partial charge in [0.15, 0.2) is 0 Å². The number of carbonyl (C=O) groups is 1. The van der Waals surface area contributed by atoms with Crippen LogP contribution in [0.15, 0.2) is 35.9 Å². The fourth-order valence-electron chi connectivity index (χ4n) is 5.85. The van der Waals surface area contributed by atoms with Crippen LogP contribution >= 0.6 is 0 Å². The number of esters is 1. The second-order valence-corrected chi connectivity index (χ2v) is 7.56. The summed E-state index contributed by atoms with van der Waals surface area (Å²) in [5.41, 5.74) is 4.10. The van der Waals surface area contributed by atoms with Gasteiger partial charge in [-0.3, -0.25) is 4.90 Å². The number of fused-ring (bicyclic) bond motifs is 4. The summed E-state index contributed by atoms with van der Waals surface area (Å²) < 4.78 is 5.26. The molecule has 126 valence electrons. The third kappa shape index (κ3) is 1.70. The van der Waals surface area contributed by atoms with E-state index in [1.807, 2.05) is 0 Å². The highest BCUT2D eigenvalue weighted by atomic mass is 16.5. The summed E-state index contributed by atoms with van der Waals surface area (Å²) in [4.78, 5) is 17.9. The SMILES string of the molecule is CC=C1CN2CC[C@@H]3c4ccccc4N4[C@@H]3[C@@H]2C[C@@H]1[C@H]4C(=O)OC. The fraction of sp³-hybridized carbons (Fsp3) is 0.550. The molecule has 0 spiro atoms. The Bertz CT molecular complexity index is 728. The molecule has 1 aromatic carbocycles. The number of hydrogen-bond acceptors (Lipinski definition) is 4. The molecule has 3 fully saturated rings. The van der Waals surface area contributed by atoms with Crippen molar-refractivity contribution in [3.63, 3.8) is 0 Å². The van der Waals surface area contributed by atoms with Crippen LogP contribution in [0.5, 0.6) is 0 Å². The van der Waals surface area contributed by atoms with Gasteiger partial charge in [-0.2, -0.15) is 0 Å². The number of nitrogens with zero attached hydrogens (tertiary/aromatic N) is 2. The van der Waals surface area contributed by atoms with Crippen LogP contribution in [0, 0.1) is 5.92 Å². The van der Waals surface area contributed by atoms with Crippen LogP contribution in [0.1, 0.15) is 31.2 Å². The number of rotatable bonds is 1. The smallest absolute Gasteiger partial charge is 0.329 e. The van der Waals surface area contributed by atoms with Crippen LogP contribution < -0.4 is 4.90 Å². The summed E-state index contributed by atoms with van der Waals surface area (Å²) in [6.45, 7) is 4.30. The first-order valence-electron chi connectivity index (χ1n) is 9.08. The number of anilines is 1. The van der Waals surface area contributed by atoms with E-state index in [9.17, 15) is 4.79 Å². The highest BCUT2D eigenvalue weighted by Gasteiger charge is 2.59. The van der Waals surface area contributed by atoms with Gasteiger partial charge >= 0.3 is 5.97 Å². The standard InChI is InChI=1S/C20H24N2O2/c1-3-12-11-21-9-8-14-13-6-4-5-7-16(13)22-18(14)17(21)10-15(12)19(22)20(23)24-2/h3-7,14-15,17-19H,8-11H2,1-2H3/t14-,15+,17+,18+,19+/m1/s1. The maximum absolute atomic E-state index is 12.8. The molecule has 4 heterocycles. The van der Waals surface area contributed by atoms with E-state index in [1.54, 1.807) is 0 Å². The molecule has 0 N–H and O–H groups in total. The number of hydrogen-bond donors (Lipinski definition) is 0. The molecular formula is C20H24N2O2. The second-order valence-electron chi connectivity index (χ2n) is 7.56. The molecule has 0 saturated carbocycles. The van der Waals surface area contributed by atoms with Crippen molar-refractivity contribution in [2.24, 2.45) is 5.92 Å². The molecule has 24 heavy (non-hydrogen) atoms. The van der Waals surface area contributed by atoms with Crippen LogP contribution in [-0.4, -0.2) is 49.2 Å². The molecule has 0 aromatic heterocycles. The molecule has 5 atom stereocenters. The molecule has 4 aliphatic rings. The van der Waals surface area contributed by atoms with E-state index in [-0.39, 0.29) is 17.9 Å². The van der Waals surface area contributed by atoms with Gasteiger partial charge in [0, 0.05) is 30.1 Å². The molecule has 5 rings (SSSR count). The Morgan fingerprint density at radius 2 is 2.12 bits per heavy atom. The average molecular weight is 324 g/mol. The van der Waals surface area contributed by atoms with Gasteiger partial charge < -0.3 is 9.64 Å². The lowest BCUT2D eigenvalue weighted by atomic mass is 9.69. The highest BCUT2D eigenvalue weighted by Crippen LogP contribution is 2.55. The number of carbonyl (C=O) groups excluding carboxylic acids is 1. The molecule has 0 radical (unpaired) electrons. The molecule has 2 bridgehead atoms. The predicted octanol–water partition coefficient (Wildman–Crippen LogP) is 2.55. The van der Waals surface area contributed by atoms with Gasteiger partial charge in [0.25, 0.3) is 0 Å². The maximum atomic E-state index is 12.8. The van der Waals surface area contributed by atoms with Crippen molar-refractivity contribution in [3.8, 4) is 0 Å². The Kier molecular flexibility index (Phi) is 3.08. The molecule has 0 amide bonds. The zero-order chi connectivity index (χ0) is 16.4. The second kappa shape index (κ2) is 5.09. The number of piperidine rings is 3. The quantitative estimate of drug-likeness (QED) is 0.587. The topological polar surface area (TPSA) is 32.8 Å². The summed E-state index contributed by atoms with van der Waals surface area (Å²) in [6, 6.07) is 9.52. The lowest BCUT2D eigenvalue weighted by Crippen LogP contribution is -2.69. The van der Waals surface area contributed by atoms with Gasteiger partial charge in [-0.15, -0.1) is 0 Å². The van der Waals surface area contributed by atoms with Crippen LogP contribution in [0.3, 0.4) is 0 Å². The summed E-state index contributed by atoms with van der Waals surface area (Å²) in [5.74, 6) is 0.764. The van der Waals surface area contributed by atoms with Gasteiger partial charge in [0.05, 0.1) is 13.2 Å². The van der Waals surface area contributed by atoms with Crippen molar-refractivity contribution in [2.75, 3.05) is 25.1 Å². The van der Waals surface area contributed by atoms with Crippen molar-refractivity contribution in [1.29, 1.82) is 0 Å². The Morgan fingerprint density at radius 1 is 1.29 bits per heavy atom. The summed E-state index contributed by atoms with van der Waals surface area (Å²) >= 11 is 0. The van der Waals surface area contributed by atoms with E-state index in [2.05, 4.69) is 47.1 Å². The number of allylic oxidation sites excluding steroid dienone is 1. The maximum Gasteiger partial charge on any atom is 0.329 e. The van der Waals surface area contributed by atoms with Gasteiger partial charge in [-0.25, -0.2) is 4.79 Å². The number of benzene rings is 1. The van der Waals surface area contributed by atoms with E-state index in [1.165, 1.54) is 36.9 Å². The summed E-state index contributed by atoms with van der Waals surface area (Å²) in [7, 11) is 1.53. The minimum absolute atomic E-state index is 0.0766. The third-order valence-electron chi connectivity index (χ3n) is 6.79. The van der Waals surface area contributed by atoms with E-state index in [0.717, 1.165) is 13.0 Å². The van der Waals surface area contributed by atoms with Crippen molar-refractivity contribution < 1.29 is 9.53 Å². The number of para-hydroxylation sites is 1. The highest BCUT2D eigenvalue weighted by molar-refractivity contribution is 5.84. The molecule has 4 heteroatoms. The van der Waals surface area contributed by atoms with Gasteiger partial charge in [0.2, 0.25) is 0 Å². The lowest BCUT2D eigenvalue weighted by Gasteiger charge is -2.58. The van der Waals surface area contributed by atoms with E-state index >= 15 is 0 Å². The van der Waals surface area contributed by atoms with Crippen LogP contribution in [0.25, 0.3) is 0 Å². The Balaban J connectivity index is 1.71. The van der Waals surface area contributed by atoms with Crippen molar-refractivity contribution in [3.05, 3.63) is 41.5 Å². The molecule has 0 aliphatic carbocycles. The van der Waals surface area contributed by atoms with Crippen molar-refractivity contribution in [1.82, 2.24) is 4.90 Å². The summed E-state index contributed by atoms with van der Waals surface area (Å²) in [6.07, 6.45) is 4.50. The Labute approximate surface area is 143 Å². The normalized spacial score (nSPS) is 38.2. The van der Waals surface area contributed by atoms with E-state index < -0.39 is 0 Å². The number of methoxy groups -OCH3 is 1. The monoisotopic (exact) mass is 324 g/mol. The van der Waals surface area contributed by atoms with Crippen molar-refractivity contribution >= 4 is 11.7 Å². The van der Waals surface area contributed by atoms with E-state index in [4.69, 9.17) is 4.74 Å². The lowest BCUT2D eigenvalue weighted by molar-refractivity contribution is -0.145. The Hall–Kier alpha value is -1.81. The minimum Gasteiger partial charge on any atom is -0.467 e. The first-order valence-corrected chi connectivity index (χ1v) is 9.08. The average Bonchev–Trinajstić information content (AvgIpc) is 2.96. The third-order valence-corrected chi connectivity index (χ3v) is 6.79. The molecular weight excluding hydrogens is 300 g/mol. The zero-order valence-electron chi connectivity index (χ0n) is 14.3. The number of ether oxygens (including phenoxy) is 1. The first-order chi connectivity index (χ1) is 11.7. The largest absolute Gasteiger partial charge is 0.467 e. The molecule has 4 nitrogen and oxygen atoms in total. The minimum atomic E-state index is -0.172. The molecule has 0 unspecified atom stereocenters.